The topological polar surface area (TPSA) is 217 Å². The molecule has 228 valence electrons. The number of carbonyl (C=O) groups excluding carboxylic acids is 4. The number of carbonyl (C=O) groups is 4. The largest absolute Gasteiger partial charge is 0.508 e. The Morgan fingerprint density at radius 3 is 2.31 bits per heavy atom. The molecule has 3 aliphatic rings. The van der Waals surface area contributed by atoms with Crippen molar-refractivity contribution in [1.82, 2.24) is 9.80 Å². The van der Waals surface area contributed by atoms with Crippen LogP contribution in [0.1, 0.15) is 17.5 Å². The van der Waals surface area contributed by atoms with E-state index >= 15 is 0 Å². The second-order valence-electron chi connectivity index (χ2n) is 11.5. The summed E-state index contributed by atoms with van der Waals surface area (Å²) in [5.41, 5.74) is 2.28. The molecule has 1 aromatic rings. The van der Waals surface area contributed by atoms with E-state index in [1.54, 1.807) is 30.9 Å². The van der Waals surface area contributed by atoms with Crippen LogP contribution in [0.25, 0.3) is 5.76 Å². The number of phenols is 1. The van der Waals surface area contributed by atoms with Crippen molar-refractivity contribution in [2.24, 2.45) is 17.6 Å². The van der Waals surface area contributed by atoms with Crippen molar-refractivity contribution in [2.75, 3.05) is 65.2 Å². The van der Waals surface area contributed by atoms with Crippen LogP contribution in [0, 0.1) is 11.8 Å². The Hall–Kier alpha value is -3.98. The quantitative estimate of drug-likeness (QED) is 0.142. The molecule has 1 saturated carbocycles. The minimum absolute atomic E-state index is 0.0327. The lowest BCUT2D eigenvalue weighted by Gasteiger charge is -2.50. The average molecular weight is 588 g/mol. The number of aliphatic hydroxyl groups is 4. The molecule has 0 spiro atoms. The Morgan fingerprint density at radius 2 is 1.76 bits per heavy atom. The highest BCUT2D eigenvalue weighted by molar-refractivity contribution is 6.24. The Balaban J connectivity index is 1.89. The fourth-order valence-electron chi connectivity index (χ4n) is 6.47. The van der Waals surface area contributed by atoms with Crippen LogP contribution in [-0.4, -0.2) is 125 Å². The van der Waals surface area contributed by atoms with E-state index in [1.807, 2.05) is 0 Å². The van der Waals surface area contributed by atoms with Crippen LogP contribution < -0.4 is 16.0 Å². The molecule has 1 fully saturated rings. The molecule has 8 N–H and O–H groups in total. The van der Waals surface area contributed by atoms with Crippen LogP contribution in [-0.2, 0) is 25.6 Å². The van der Waals surface area contributed by atoms with Gasteiger partial charge in [0.1, 0.15) is 22.8 Å². The van der Waals surface area contributed by atoms with Crippen molar-refractivity contribution in [1.29, 1.82) is 0 Å². The highest BCUT2D eigenvalue weighted by Gasteiger charge is 2.64. The maximum atomic E-state index is 14.0. The summed E-state index contributed by atoms with van der Waals surface area (Å²) in [6.45, 7) is -0.0144. The zero-order valence-electron chi connectivity index (χ0n) is 24.1. The number of benzene rings is 1. The second kappa shape index (κ2) is 11.0. The van der Waals surface area contributed by atoms with Gasteiger partial charge in [0.25, 0.3) is 5.91 Å². The molecular weight excluding hydrogens is 550 g/mol. The lowest BCUT2D eigenvalue weighted by atomic mass is 9.57. The van der Waals surface area contributed by atoms with Gasteiger partial charge in [-0.05, 0) is 51.5 Å². The molecule has 1 aromatic carbocycles. The number of hydrogen-bond donors (Lipinski definition) is 7. The number of aliphatic hydroxyl groups excluding tert-OH is 3. The second-order valence-corrected chi connectivity index (χ2v) is 11.5. The van der Waals surface area contributed by atoms with E-state index in [1.165, 1.54) is 25.1 Å². The van der Waals surface area contributed by atoms with Crippen molar-refractivity contribution in [3.63, 3.8) is 0 Å². The molecular formula is C28H37N5O9. The van der Waals surface area contributed by atoms with E-state index < -0.39 is 69.7 Å². The molecule has 14 heteroatoms. The molecule has 2 unspecified atom stereocenters. The molecule has 2 amide bonds. The van der Waals surface area contributed by atoms with E-state index in [4.69, 9.17) is 10.8 Å². The average Bonchev–Trinajstić information content (AvgIpc) is 2.87. The highest BCUT2D eigenvalue weighted by Crippen LogP contribution is 2.54. The van der Waals surface area contributed by atoms with Gasteiger partial charge in [0.05, 0.1) is 30.4 Å². The Kier molecular flexibility index (Phi) is 8.12. The highest BCUT2D eigenvalue weighted by atomic mass is 16.3. The maximum Gasteiger partial charge on any atom is 0.255 e. The summed E-state index contributed by atoms with van der Waals surface area (Å²) in [7, 11) is 8.15. The summed E-state index contributed by atoms with van der Waals surface area (Å²) in [6, 6.07) is 0.364. The van der Waals surface area contributed by atoms with Crippen LogP contribution in [0.5, 0.6) is 5.75 Å². The summed E-state index contributed by atoms with van der Waals surface area (Å²) < 4.78 is 0. The van der Waals surface area contributed by atoms with Gasteiger partial charge in [-0.25, -0.2) is 0 Å². The van der Waals surface area contributed by atoms with E-state index in [9.17, 15) is 39.6 Å². The number of ketones is 2. The van der Waals surface area contributed by atoms with Crippen LogP contribution in [0.4, 0.5) is 11.4 Å². The number of hydrogen-bond acceptors (Lipinski definition) is 12. The summed E-state index contributed by atoms with van der Waals surface area (Å²) >= 11 is 0. The van der Waals surface area contributed by atoms with E-state index in [0.29, 0.717) is 11.3 Å². The first-order chi connectivity index (χ1) is 19.6. The third-order valence-corrected chi connectivity index (χ3v) is 8.35. The van der Waals surface area contributed by atoms with Gasteiger partial charge in [0.15, 0.2) is 11.4 Å². The number of rotatable bonds is 8. The number of aromatic hydroxyl groups is 1. The number of amides is 2. The van der Waals surface area contributed by atoms with E-state index in [0.717, 1.165) is 0 Å². The summed E-state index contributed by atoms with van der Waals surface area (Å²) in [5.74, 6) is -7.98. The number of fused-ring (bicyclic) bond motifs is 3. The van der Waals surface area contributed by atoms with Gasteiger partial charge in [0, 0.05) is 37.8 Å². The molecule has 14 nitrogen and oxygen atoms in total. The van der Waals surface area contributed by atoms with Crippen molar-refractivity contribution < 1.29 is 44.7 Å². The first kappa shape index (κ1) is 31.0. The molecule has 0 bridgehead atoms. The van der Waals surface area contributed by atoms with E-state index in [-0.39, 0.29) is 49.4 Å². The molecule has 0 saturated heterocycles. The SMILES string of the molecule is CN(CCO)CC(=O)Nc1cc(N(C)C)c2c(c1O)C(O)=C1C(=O)[C@]3(O)C(O)=C(C(N)=O)C(=O)[C@@H](N(C)C)C3CC1C2. The van der Waals surface area contributed by atoms with Crippen molar-refractivity contribution in [3.05, 3.63) is 34.1 Å². The van der Waals surface area contributed by atoms with Gasteiger partial charge in [-0.3, -0.25) is 29.0 Å². The standard InChI is InChI=1S/C28H37N5O9/c1-31(2)16-10-15(30-17(35)11-33(5)6-7-34)22(36)19-13(16)8-12-9-14-21(32(3)4)24(38)20(27(29)41)26(40)28(14,42)25(39)18(12)23(19)37/h10,12,14,21,34,36-37,40,42H,6-9,11H2,1-5H3,(H2,29,41)(H,30,35)/t12?,14?,21-,28-/m0/s1. The number of nitrogens with one attached hydrogen (secondary N) is 1. The van der Waals surface area contributed by atoms with Crippen LogP contribution in [0.15, 0.2) is 23.0 Å². The molecule has 0 aromatic heterocycles. The molecule has 0 heterocycles. The van der Waals surface area contributed by atoms with Gasteiger partial charge in [-0.1, -0.05) is 0 Å². The molecule has 4 atom stereocenters. The molecule has 42 heavy (non-hydrogen) atoms. The maximum absolute atomic E-state index is 14.0. The van der Waals surface area contributed by atoms with Crippen LogP contribution in [0.2, 0.25) is 0 Å². The smallest absolute Gasteiger partial charge is 0.255 e. The van der Waals surface area contributed by atoms with Crippen LogP contribution >= 0.6 is 0 Å². The summed E-state index contributed by atoms with van der Waals surface area (Å²) in [4.78, 5) is 56.8. The number of anilines is 2. The Morgan fingerprint density at radius 1 is 1.12 bits per heavy atom. The zero-order chi connectivity index (χ0) is 31.4. The van der Waals surface area contributed by atoms with Gasteiger partial charge >= 0.3 is 0 Å². The van der Waals surface area contributed by atoms with Gasteiger partial charge < -0.3 is 41.5 Å². The Bertz CT molecular complexity index is 1430. The fraction of sp³-hybridized carbons (Fsp3) is 0.500. The number of likely N-dealkylation sites (N-methyl/N-ethyl adjacent to an activating group) is 2. The van der Waals surface area contributed by atoms with E-state index in [2.05, 4.69) is 5.32 Å². The first-order valence-corrected chi connectivity index (χ1v) is 13.4. The molecule has 0 aliphatic heterocycles. The normalized spacial score (nSPS) is 25.4. The molecule has 3 aliphatic carbocycles. The van der Waals surface area contributed by atoms with Gasteiger partial charge in [0.2, 0.25) is 11.7 Å². The van der Waals surface area contributed by atoms with Gasteiger partial charge in [-0.15, -0.1) is 0 Å². The Labute approximate surface area is 242 Å². The van der Waals surface area contributed by atoms with Crippen molar-refractivity contribution in [2.45, 2.75) is 24.5 Å². The molecule has 4 rings (SSSR count). The number of phenolic OH excluding ortho intramolecular Hbond substituents is 1. The number of nitrogens with zero attached hydrogens (tertiary/aromatic N) is 3. The number of Topliss-reactive ketones (excluding diaryl/α,β-unsaturated/α-hetero) is 2. The zero-order valence-corrected chi connectivity index (χ0v) is 24.1. The minimum Gasteiger partial charge on any atom is -0.508 e. The summed E-state index contributed by atoms with van der Waals surface area (Å²) in [5, 5.41) is 57.2. The minimum atomic E-state index is -2.74. The number of primary amides is 1. The lowest BCUT2D eigenvalue weighted by molar-refractivity contribution is -0.153. The third-order valence-electron chi connectivity index (χ3n) is 8.35. The molecule has 0 radical (unpaired) electrons. The van der Waals surface area contributed by atoms with Crippen LogP contribution in [0.3, 0.4) is 0 Å². The number of nitrogens with two attached hydrogens (primary N) is 1. The van der Waals surface area contributed by atoms with Crippen molar-refractivity contribution in [3.8, 4) is 5.75 Å². The monoisotopic (exact) mass is 587 g/mol. The predicted molar refractivity (Wildman–Crippen MR) is 152 cm³/mol. The fourth-order valence-corrected chi connectivity index (χ4v) is 6.47. The van der Waals surface area contributed by atoms with Crippen molar-refractivity contribution >= 4 is 40.5 Å². The van der Waals surface area contributed by atoms with Gasteiger partial charge in [-0.2, -0.15) is 0 Å². The first-order valence-electron chi connectivity index (χ1n) is 13.4. The lowest BCUT2D eigenvalue weighted by Crippen LogP contribution is -2.65. The summed E-state index contributed by atoms with van der Waals surface area (Å²) in [6.07, 6.45) is 0.0815. The third kappa shape index (κ3) is 4.69. The predicted octanol–water partition coefficient (Wildman–Crippen LogP) is -1.11.